The Hall–Kier alpha value is -1.96. The summed E-state index contributed by atoms with van der Waals surface area (Å²) in [5, 5.41) is 10.1. The molecule has 0 saturated carbocycles. The van der Waals surface area contributed by atoms with Gasteiger partial charge in [0.15, 0.2) is 5.82 Å². The minimum Gasteiger partial charge on any atom is -0.465 e. The van der Waals surface area contributed by atoms with Crippen molar-refractivity contribution in [2.24, 2.45) is 0 Å². The van der Waals surface area contributed by atoms with Crippen molar-refractivity contribution in [2.45, 2.75) is 32.4 Å². The van der Waals surface area contributed by atoms with Crippen LogP contribution in [0.5, 0.6) is 0 Å². The standard InChI is InChI=1S/C11H16N4O4/c1-2-18-10(16)7-15-6-9(13-14-15)12-11(17)8-4-3-5-19-8/h6,8H,2-5,7H2,1H3,(H,12,17). The molecule has 0 bridgehead atoms. The molecule has 0 radical (unpaired) electrons. The zero-order chi connectivity index (χ0) is 13.7. The van der Waals surface area contributed by atoms with E-state index in [0.717, 1.165) is 6.42 Å². The molecule has 1 aliphatic heterocycles. The Morgan fingerprint density at radius 3 is 3.16 bits per heavy atom. The second-order valence-corrected chi connectivity index (χ2v) is 4.10. The summed E-state index contributed by atoms with van der Waals surface area (Å²) in [6.07, 6.45) is 2.65. The van der Waals surface area contributed by atoms with E-state index in [9.17, 15) is 9.59 Å². The number of nitrogens with zero attached hydrogens (tertiary/aromatic N) is 3. The third kappa shape index (κ3) is 3.75. The second-order valence-electron chi connectivity index (χ2n) is 4.10. The minimum atomic E-state index is -0.421. The molecule has 0 aliphatic carbocycles. The Balaban J connectivity index is 1.86. The van der Waals surface area contributed by atoms with E-state index in [1.807, 2.05) is 0 Å². The topological polar surface area (TPSA) is 95.3 Å². The smallest absolute Gasteiger partial charge is 0.327 e. The van der Waals surface area contributed by atoms with Crippen LogP contribution in [0.1, 0.15) is 19.8 Å². The van der Waals surface area contributed by atoms with Crippen LogP contribution < -0.4 is 5.32 Å². The molecule has 1 saturated heterocycles. The molecule has 8 heteroatoms. The first-order chi connectivity index (χ1) is 9.19. The maximum Gasteiger partial charge on any atom is 0.327 e. The van der Waals surface area contributed by atoms with Crippen molar-refractivity contribution in [3.05, 3.63) is 6.20 Å². The van der Waals surface area contributed by atoms with E-state index < -0.39 is 12.1 Å². The van der Waals surface area contributed by atoms with Crippen LogP contribution in [0.15, 0.2) is 6.20 Å². The highest BCUT2D eigenvalue weighted by Gasteiger charge is 2.24. The van der Waals surface area contributed by atoms with Crippen molar-refractivity contribution >= 4 is 17.7 Å². The van der Waals surface area contributed by atoms with Crippen LogP contribution in [0.4, 0.5) is 5.82 Å². The lowest BCUT2D eigenvalue weighted by atomic mass is 10.2. The van der Waals surface area contributed by atoms with Gasteiger partial charge in [0.05, 0.1) is 12.8 Å². The van der Waals surface area contributed by atoms with Gasteiger partial charge >= 0.3 is 5.97 Å². The molecule has 1 fully saturated rings. The molecule has 2 rings (SSSR count). The van der Waals surface area contributed by atoms with Gasteiger partial charge in [0.2, 0.25) is 0 Å². The summed E-state index contributed by atoms with van der Waals surface area (Å²) < 4.78 is 11.3. The zero-order valence-electron chi connectivity index (χ0n) is 10.7. The molecule has 1 aromatic heterocycles. The Labute approximate surface area is 110 Å². The lowest BCUT2D eigenvalue weighted by Crippen LogP contribution is -2.27. The molecule has 1 aliphatic rings. The van der Waals surface area contributed by atoms with Crippen LogP contribution >= 0.6 is 0 Å². The normalized spacial score (nSPS) is 18.3. The van der Waals surface area contributed by atoms with Gasteiger partial charge in [0, 0.05) is 6.61 Å². The van der Waals surface area contributed by atoms with Crippen molar-refractivity contribution in [3.8, 4) is 0 Å². The number of aromatic nitrogens is 3. The first kappa shape index (κ1) is 13.5. The van der Waals surface area contributed by atoms with Crippen molar-refractivity contribution in [2.75, 3.05) is 18.5 Å². The van der Waals surface area contributed by atoms with Gasteiger partial charge in [0.25, 0.3) is 5.91 Å². The molecular weight excluding hydrogens is 252 g/mol. The van der Waals surface area contributed by atoms with Crippen molar-refractivity contribution in [1.29, 1.82) is 0 Å². The molecule has 1 unspecified atom stereocenters. The summed E-state index contributed by atoms with van der Waals surface area (Å²) in [4.78, 5) is 23.0. The largest absolute Gasteiger partial charge is 0.465 e. The average Bonchev–Trinajstić information content (AvgIpc) is 3.00. The van der Waals surface area contributed by atoms with E-state index in [1.165, 1.54) is 10.9 Å². The third-order valence-electron chi connectivity index (χ3n) is 2.61. The van der Waals surface area contributed by atoms with Crippen LogP contribution in [0, 0.1) is 0 Å². The number of rotatable bonds is 5. The number of hydrogen-bond donors (Lipinski definition) is 1. The molecule has 0 spiro atoms. The molecular formula is C11H16N4O4. The van der Waals surface area contributed by atoms with Gasteiger partial charge in [-0.25, -0.2) is 4.68 Å². The van der Waals surface area contributed by atoms with Gasteiger partial charge in [-0.05, 0) is 19.8 Å². The first-order valence-corrected chi connectivity index (χ1v) is 6.17. The highest BCUT2D eigenvalue weighted by atomic mass is 16.5. The number of nitrogens with one attached hydrogen (secondary N) is 1. The third-order valence-corrected chi connectivity index (χ3v) is 2.61. The maximum absolute atomic E-state index is 11.7. The molecule has 19 heavy (non-hydrogen) atoms. The van der Waals surface area contributed by atoms with Crippen LogP contribution in [-0.4, -0.2) is 46.2 Å². The molecule has 2 heterocycles. The fourth-order valence-corrected chi connectivity index (χ4v) is 1.76. The highest BCUT2D eigenvalue weighted by Crippen LogP contribution is 2.13. The second kappa shape index (κ2) is 6.28. The first-order valence-electron chi connectivity index (χ1n) is 6.17. The number of carbonyl (C=O) groups is 2. The van der Waals surface area contributed by atoms with Gasteiger partial charge in [-0.15, -0.1) is 5.10 Å². The molecule has 1 amide bonds. The van der Waals surface area contributed by atoms with Gasteiger partial charge in [-0.2, -0.15) is 0 Å². The van der Waals surface area contributed by atoms with Gasteiger partial charge in [0.1, 0.15) is 12.6 Å². The van der Waals surface area contributed by atoms with Gasteiger partial charge in [-0.3, -0.25) is 9.59 Å². The number of esters is 1. The monoisotopic (exact) mass is 268 g/mol. The molecule has 8 nitrogen and oxygen atoms in total. The van der Waals surface area contributed by atoms with E-state index >= 15 is 0 Å². The van der Waals surface area contributed by atoms with Gasteiger partial charge in [-0.1, -0.05) is 5.21 Å². The highest BCUT2D eigenvalue weighted by molar-refractivity contribution is 5.93. The Bertz CT molecular complexity index is 453. The fourth-order valence-electron chi connectivity index (χ4n) is 1.76. The number of anilines is 1. The van der Waals surface area contributed by atoms with E-state index in [0.29, 0.717) is 25.5 Å². The Morgan fingerprint density at radius 1 is 1.63 bits per heavy atom. The average molecular weight is 268 g/mol. The molecule has 1 aromatic rings. The quantitative estimate of drug-likeness (QED) is 0.753. The summed E-state index contributed by atoms with van der Waals surface area (Å²) in [7, 11) is 0. The van der Waals surface area contributed by atoms with E-state index in [1.54, 1.807) is 6.92 Å². The summed E-state index contributed by atoms with van der Waals surface area (Å²) in [6.45, 7) is 2.62. The van der Waals surface area contributed by atoms with Crippen LogP contribution in [0.25, 0.3) is 0 Å². The summed E-state index contributed by atoms with van der Waals surface area (Å²) in [6, 6.07) is 0. The Kier molecular flexibility index (Phi) is 4.45. The van der Waals surface area contributed by atoms with Gasteiger partial charge < -0.3 is 14.8 Å². The minimum absolute atomic E-state index is 0.0311. The van der Waals surface area contributed by atoms with Crippen LogP contribution in [-0.2, 0) is 25.6 Å². The summed E-state index contributed by atoms with van der Waals surface area (Å²) in [5.41, 5.74) is 0. The van der Waals surface area contributed by atoms with Crippen molar-refractivity contribution in [1.82, 2.24) is 15.0 Å². The maximum atomic E-state index is 11.7. The number of amides is 1. The lowest BCUT2D eigenvalue weighted by molar-refractivity contribution is -0.144. The molecule has 1 atom stereocenters. The lowest BCUT2D eigenvalue weighted by Gasteiger charge is -2.07. The van der Waals surface area contributed by atoms with Crippen molar-refractivity contribution < 1.29 is 19.1 Å². The Morgan fingerprint density at radius 2 is 2.47 bits per heavy atom. The number of hydrogen-bond acceptors (Lipinski definition) is 6. The summed E-state index contributed by atoms with van der Waals surface area (Å²) >= 11 is 0. The predicted octanol–water partition coefficient (Wildman–Crippen LogP) is -0.0413. The van der Waals surface area contributed by atoms with E-state index in [-0.39, 0.29) is 12.5 Å². The van der Waals surface area contributed by atoms with E-state index in [4.69, 9.17) is 9.47 Å². The molecule has 104 valence electrons. The molecule has 1 N–H and O–H groups in total. The van der Waals surface area contributed by atoms with E-state index in [2.05, 4.69) is 15.6 Å². The fraction of sp³-hybridized carbons (Fsp3) is 0.636. The SMILES string of the molecule is CCOC(=O)Cn1cc(NC(=O)C2CCCO2)nn1. The van der Waals surface area contributed by atoms with Crippen LogP contribution in [0.3, 0.4) is 0 Å². The number of carbonyl (C=O) groups excluding carboxylic acids is 2. The zero-order valence-corrected chi connectivity index (χ0v) is 10.7. The molecule has 0 aromatic carbocycles. The van der Waals surface area contributed by atoms with Crippen molar-refractivity contribution in [3.63, 3.8) is 0 Å². The number of ether oxygens (including phenoxy) is 2. The summed E-state index contributed by atoms with van der Waals surface area (Å²) in [5.74, 6) is -0.338. The predicted molar refractivity (Wildman–Crippen MR) is 64.3 cm³/mol. The van der Waals surface area contributed by atoms with Crippen LogP contribution in [0.2, 0.25) is 0 Å².